The van der Waals surface area contributed by atoms with Crippen LogP contribution in [0.5, 0.6) is 0 Å². The molecular formula is C13H8Br2ClNO. The van der Waals surface area contributed by atoms with Crippen molar-refractivity contribution in [1.82, 2.24) is 0 Å². The summed E-state index contributed by atoms with van der Waals surface area (Å²) >= 11 is 12.6. The third-order valence-electron chi connectivity index (χ3n) is 2.30. The van der Waals surface area contributed by atoms with Gasteiger partial charge in [-0.2, -0.15) is 0 Å². The van der Waals surface area contributed by atoms with Gasteiger partial charge < -0.3 is 5.32 Å². The van der Waals surface area contributed by atoms with E-state index in [1.165, 1.54) is 0 Å². The number of rotatable bonds is 2. The maximum absolute atomic E-state index is 12.0. The molecular weight excluding hydrogens is 381 g/mol. The number of amides is 1. The summed E-state index contributed by atoms with van der Waals surface area (Å²) in [6.07, 6.45) is 0. The van der Waals surface area contributed by atoms with Gasteiger partial charge in [0, 0.05) is 14.6 Å². The van der Waals surface area contributed by atoms with Crippen molar-refractivity contribution in [2.24, 2.45) is 0 Å². The number of nitrogens with one attached hydrogen (secondary N) is 1. The molecule has 2 rings (SSSR count). The summed E-state index contributed by atoms with van der Waals surface area (Å²) in [6, 6.07) is 12.5. The minimum Gasteiger partial charge on any atom is -0.322 e. The lowest BCUT2D eigenvalue weighted by atomic mass is 10.2. The molecule has 0 atom stereocenters. The number of carbonyl (C=O) groups is 1. The minimum absolute atomic E-state index is 0.170. The van der Waals surface area contributed by atoms with Gasteiger partial charge in [-0.3, -0.25) is 4.79 Å². The first kappa shape index (κ1) is 13.6. The monoisotopic (exact) mass is 387 g/mol. The van der Waals surface area contributed by atoms with Gasteiger partial charge in [-0.1, -0.05) is 23.7 Å². The Balaban J connectivity index is 2.22. The predicted molar refractivity (Wildman–Crippen MR) is 81.2 cm³/mol. The van der Waals surface area contributed by atoms with Crippen LogP contribution in [-0.4, -0.2) is 5.91 Å². The molecule has 0 unspecified atom stereocenters. The molecule has 5 heteroatoms. The van der Waals surface area contributed by atoms with Gasteiger partial charge >= 0.3 is 0 Å². The van der Waals surface area contributed by atoms with Crippen LogP contribution in [0.15, 0.2) is 51.4 Å². The fourth-order valence-corrected chi connectivity index (χ4v) is 2.38. The van der Waals surface area contributed by atoms with Gasteiger partial charge in [0.05, 0.1) is 10.6 Å². The Hall–Kier alpha value is -0.840. The third kappa shape index (κ3) is 3.13. The van der Waals surface area contributed by atoms with Crippen molar-refractivity contribution in [3.05, 3.63) is 62.0 Å². The molecule has 92 valence electrons. The molecule has 2 nitrogen and oxygen atoms in total. The third-order valence-corrected chi connectivity index (χ3v) is 4.20. The average molecular weight is 389 g/mol. The standard InChI is InChI=1S/C13H8Br2ClNO/c14-10-4-2-1-3-9(10)13(18)17-8-5-6-12(16)11(15)7-8/h1-7H,(H,17,18). The highest BCUT2D eigenvalue weighted by Crippen LogP contribution is 2.26. The number of hydrogen-bond donors (Lipinski definition) is 1. The lowest BCUT2D eigenvalue weighted by molar-refractivity contribution is 0.102. The van der Waals surface area contributed by atoms with E-state index in [9.17, 15) is 4.79 Å². The summed E-state index contributed by atoms with van der Waals surface area (Å²) in [5.74, 6) is -0.170. The van der Waals surface area contributed by atoms with Crippen LogP contribution < -0.4 is 5.32 Å². The largest absolute Gasteiger partial charge is 0.322 e. The molecule has 18 heavy (non-hydrogen) atoms. The number of hydrogen-bond acceptors (Lipinski definition) is 1. The molecule has 0 saturated heterocycles. The molecule has 2 aromatic carbocycles. The maximum Gasteiger partial charge on any atom is 0.256 e. The highest BCUT2D eigenvalue weighted by atomic mass is 79.9. The van der Waals surface area contributed by atoms with Crippen molar-refractivity contribution in [2.45, 2.75) is 0 Å². The van der Waals surface area contributed by atoms with E-state index < -0.39 is 0 Å². The van der Waals surface area contributed by atoms with Crippen LogP contribution >= 0.6 is 43.5 Å². The second kappa shape index (κ2) is 5.87. The summed E-state index contributed by atoms with van der Waals surface area (Å²) < 4.78 is 1.50. The lowest BCUT2D eigenvalue weighted by Crippen LogP contribution is -2.12. The molecule has 0 fully saturated rings. The van der Waals surface area contributed by atoms with Crippen LogP contribution in [0.4, 0.5) is 5.69 Å². The SMILES string of the molecule is O=C(Nc1ccc(Cl)c(Br)c1)c1ccccc1Br. The van der Waals surface area contributed by atoms with E-state index in [4.69, 9.17) is 11.6 Å². The highest BCUT2D eigenvalue weighted by molar-refractivity contribution is 9.10. The highest BCUT2D eigenvalue weighted by Gasteiger charge is 2.09. The van der Waals surface area contributed by atoms with Gasteiger partial charge in [0.1, 0.15) is 0 Å². The molecule has 0 aliphatic heterocycles. The zero-order chi connectivity index (χ0) is 13.1. The zero-order valence-electron chi connectivity index (χ0n) is 9.08. The first-order chi connectivity index (χ1) is 8.58. The van der Waals surface area contributed by atoms with E-state index in [0.717, 1.165) is 8.95 Å². The number of carbonyl (C=O) groups excluding carboxylic acids is 1. The second-order valence-electron chi connectivity index (χ2n) is 3.56. The molecule has 0 aliphatic carbocycles. The molecule has 0 radical (unpaired) electrons. The summed E-state index contributed by atoms with van der Waals surface area (Å²) in [7, 11) is 0. The minimum atomic E-state index is -0.170. The fraction of sp³-hybridized carbons (Fsp3) is 0. The van der Waals surface area contributed by atoms with Gasteiger partial charge in [0.25, 0.3) is 5.91 Å². The van der Waals surface area contributed by atoms with Crippen molar-refractivity contribution in [3.8, 4) is 0 Å². The Kier molecular flexibility index (Phi) is 4.43. The Bertz CT molecular complexity index is 601. The zero-order valence-corrected chi connectivity index (χ0v) is 13.0. The van der Waals surface area contributed by atoms with Crippen molar-refractivity contribution < 1.29 is 4.79 Å². The molecule has 0 spiro atoms. The Morgan fingerprint density at radius 2 is 1.78 bits per heavy atom. The Labute approximate surface area is 127 Å². The van der Waals surface area contributed by atoms with Crippen LogP contribution in [0.1, 0.15) is 10.4 Å². The normalized spacial score (nSPS) is 10.2. The second-order valence-corrected chi connectivity index (χ2v) is 5.68. The van der Waals surface area contributed by atoms with E-state index in [1.54, 1.807) is 24.3 Å². The summed E-state index contributed by atoms with van der Waals surface area (Å²) in [4.78, 5) is 12.0. The van der Waals surface area contributed by atoms with Gasteiger partial charge in [0.15, 0.2) is 0 Å². The number of halogens is 3. The van der Waals surface area contributed by atoms with Crippen LogP contribution in [0.25, 0.3) is 0 Å². The van der Waals surface area contributed by atoms with Gasteiger partial charge in [-0.15, -0.1) is 0 Å². The van der Waals surface area contributed by atoms with Crippen LogP contribution in [-0.2, 0) is 0 Å². The predicted octanol–water partition coefficient (Wildman–Crippen LogP) is 5.12. The van der Waals surface area contributed by atoms with Crippen molar-refractivity contribution >= 4 is 55.1 Å². The van der Waals surface area contributed by atoms with Crippen LogP contribution in [0, 0.1) is 0 Å². The molecule has 1 N–H and O–H groups in total. The van der Waals surface area contributed by atoms with E-state index in [1.807, 2.05) is 18.2 Å². The van der Waals surface area contributed by atoms with Crippen molar-refractivity contribution in [1.29, 1.82) is 0 Å². The molecule has 0 bridgehead atoms. The molecule has 1 amide bonds. The van der Waals surface area contributed by atoms with Crippen molar-refractivity contribution in [2.75, 3.05) is 5.32 Å². The van der Waals surface area contributed by atoms with Crippen LogP contribution in [0.2, 0.25) is 5.02 Å². The molecule has 0 saturated carbocycles. The van der Waals surface area contributed by atoms with E-state index >= 15 is 0 Å². The molecule has 0 aromatic heterocycles. The van der Waals surface area contributed by atoms with E-state index in [2.05, 4.69) is 37.2 Å². The smallest absolute Gasteiger partial charge is 0.256 e. The maximum atomic E-state index is 12.0. The lowest BCUT2D eigenvalue weighted by Gasteiger charge is -2.07. The number of anilines is 1. The summed E-state index contributed by atoms with van der Waals surface area (Å²) in [6.45, 7) is 0. The topological polar surface area (TPSA) is 29.1 Å². The van der Waals surface area contributed by atoms with Gasteiger partial charge in [-0.05, 0) is 62.2 Å². The average Bonchev–Trinajstić information content (AvgIpc) is 2.34. The Morgan fingerprint density at radius 3 is 2.44 bits per heavy atom. The molecule has 2 aromatic rings. The van der Waals surface area contributed by atoms with Crippen molar-refractivity contribution in [3.63, 3.8) is 0 Å². The number of benzene rings is 2. The molecule has 0 aliphatic rings. The first-order valence-electron chi connectivity index (χ1n) is 5.09. The van der Waals surface area contributed by atoms with E-state index in [-0.39, 0.29) is 5.91 Å². The van der Waals surface area contributed by atoms with Gasteiger partial charge in [-0.25, -0.2) is 0 Å². The van der Waals surface area contributed by atoms with E-state index in [0.29, 0.717) is 16.3 Å². The molecule has 0 heterocycles. The Morgan fingerprint density at radius 1 is 1.06 bits per heavy atom. The quantitative estimate of drug-likeness (QED) is 0.759. The van der Waals surface area contributed by atoms with Gasteiger partial charge in [0.2, 0.25) is 0 Å². The summed E-state index contributed by atoms with van der Waals surface area (Å²) in [5.41, 5.74) is 1.27. The first-order valence-corrected chi connectivity index (χ1v) is 7.05. The summed E-state index contributed by atoms with van der Waals surface area (Å²) in [5, 5.41) is 3.41. The van der Waals surface area contributed by atoms with Crippen LogP contribution in [0.3, 0.4) is 0 Å². The fourth-order valence-electron chi connectivity index (χ4n) is 1.42.